The van der Waals surface area contributed by atoms with Crippen molar-refractivity contribution in [1.82, 2.24) is 0 Å². The largest absolute Gasteiger partial charge is 0.383 e. The summed E-state index contributed by atoms with van der Waals surface area (Å²) in [6.45, 7) is 0.685. The third-order valence-electron chi connectivity index (χ3n) is 1.73. The molecule has 0 fully saturated rings. The molecule has 0 aliphatic carbocycles. The van der Waals surface area contributed by atoms with Crippen LogP contribution in [0.2, 0.25) is 0 Å². The molecule has 0 aliphatic rings. The highest BCUT2D eigenvalue weighted by molar-refractivity contribution is 9.10. The van der Waals surface area contributed by atoms with Crippen LogP contribution in [0.1, 0.15) is 12.5 Å². The molecule has 0 spiro atoms. The van der Waals surface area contributed by atoms with Gasteiger partial charge < -0.3 is 5.11 Å². The third kappa shape index (κ3) is 2.05. The van der Waals surface area contributed by atoms with E-state index in [0.29, 0.717) is 5.56 Å². The minimum absolute atomic E-state index is 0.591. The maximum atomic E-state index is 12.3. The number of hydrogen-bond donors (Lipinski definition) is 1. The quantitative estimate of drug-likeness (QED) is 0.832. The van der Waals surface area contributed by atoms with E-state index in [9.17, 15) is 9.50 Å². The summed E-state index contributed by atoms with van der Waals surface area (Å²) >= 11 is 3.26. The maximum absolute atomic E-state index is 12.3. The highest BCUT2D eigenvalue weighted by atomic mass is 79.9. The molecule has 0 aromatic heterocycles. The third-order valence-corrected chi connectivity index (χ3v) is 2.25. The van der Waals surface area contributed by atoms with Crippen LogP contribution in [-0.2, 0) is 5.60 Å². The van der Waals surface area contributed by atoms with E-state index >= 15 is 0 Å². The molecule has 1 nitrogen and oxygen atoms in total. The molecule has 1 N–H and O–H groups in total. The molecule has 1 aromatic carbocycles. The lowest BCUT2D eigenvalue weighted by molar-refractivity contribution is 0.0300. The lowest BCUT2D eigenvalue weighted by Crippen LogP contribution is -2.23. The summed E-state index contributed by atoms with van der Waals surface area (Å²) < 4.78 is 13.2. The Morgan fingerprint density at radius 2 is 1.92 bits per heavy atom. The fourth-order valence-electron chi connectivity index (χ4n) is 0.886. The zero-order valence-electron chi connectivity index (χ0n) is 6.72. The molecule has 1 aromatic rings. The Bertz CT molecular complexity index is 256. The summed E-state index contributed by atoms with van der Waals surface area (Å²) in [5, 5.41) is 9.50. The Hall–Kier alpha value is -0.410. The molecular weight excluding hydrogens is 223 g/mol. The second-order valence-electron chi connectivity index (χ2n) is 2.91. The molecule has 0 heterocycles. The SMILES string of the molecule is CC(O)(CF)c1ccc(Br)cc1. The van der Waals surface area contributed by atoms with Crippen LogP contribution < -0.4 is 0 Å². The molecule has 0 bridgehead atoms. The van der Waals surface area contributed by atoms with Crippen LogP contribution in [0.3, 0.4) is 0 Å². The van der Waals surface area contributed by atoms with Gasteiger partial charge in [-0.05, 0) is 24.6 Å². The predicted octanol–water partition coefficient (Wildman–Crippen LogP) is 2.63. The van der Waals surface area contributed by atoms with Crippen molar-refractivity contribution in [2.24, 2.45) is 0 Å². The Labute approximate surface area is 79.4 Å². The van der Waals surface area contributed by atoms with Gasteiger partial charge in [0.15, 0.2) is 0 Å². The molecule has 0 saturated carbocycles. The van der Waals surface area contributed by atoms with Crippen molar-refractivity contribution in [1.29, 1.82) is 0 Å². The first kappa shape index (κ1) is 9.68. The zero-order valence-corrected chi connectivity index (χ0v) is 8.31. The van der Waals surface area contributed by atoms with Crippen molar-refractivity contribution in [3.05, 3.63) is 34.3 Å². The van der Waals surface area contributed by atoms with Crippen molar-refractivity contribution in [2.75, 3.05) is 6.67 Å². The second-order valence-corrected chi connectivity index (χ2v) is 3.83. The lowest BCUT2D eigenvalue weighted by atomic mass is 9.98. The standard InChI is InChI=1S/C9H10BrFO/c1-9(12,6-11)7-2-4-8(10)5-3-7/h2-5,12H,6H2,1H3. The molecule has 12 heavy (non-hydrogen) atoms. The van der Waals surface area contributed by atoms with Crippen LogP contribution in [-0.4, -0.2) is 11.8 Å². The average Bonchev–Trinajstić information content (AvgIpc) is 2.05. The number of benzene rings is 1. The van der Waals surface area contributed by atoms with Crippen LogP contribution >= 0.6 is 15.9 Å². The summed E-state index contributed by atoms with van der Waals surface area (Å²) in [4.78, 5) is 0. The van der Waals surface area contributed by atoms with Gasteiger partial charge in [0.25, 0.3) is 0 Å². The fourth-order valence-corrected chi connectivity index (χ4v) is 1.15. The maximum Gasteiger partial charge on any atom is 0.122 e. The summed E-state index contributed by atoms with van der Waals surface area (Å²) in [6.07, 6.45) is 0. The van der Waals surface area contributed by atoms with E-state index in [4.69, 9.17) is 0 Å². The summed E-state index contributed by atoms with van der Waals surface area (Å²) in [5.41, 5.74) is -0.769. The zero-order chi connectivity index (χ0) is 9.19. The van der Waals surface area contributed by atoms with E-state index in [2.05, 4.69) is 15.9 Å². The fraction of sp³-hybridized carbons (Fsp3) is 0.333. The van der Waals surface area contributed by atoms with Gasteiger partial charge in [-0.25, -0.2) is 4.39 Å². The number of alkyl halides is 1. The molecular formula is C9H10BrFO. The molecule has 1 atom stereocenters. The van der Waals surface area contributed by atoms with Crippen molar-refractivity contribution >= 4 is 15.9 Å². The molecule has 0 radical (unpaired) electrons. The molecule has 66 valence electrons. The van der Waals surface area contributed by atoms with Gasteiger partial charge in [-0.3, -0.25) is 0 Å². The Balaban J connectivity index is 2.96. The van der Waals surface area contributed by atoms with Crippen molar-refractivity contribution in [3.8, 4) is 0 Å². The molecule has 0 amide bonds. The predicted molar refractivity (Wildman–Crippen MR) is 49.7 cm³/mol. The van der Waals surface area contributed by atoms with Gasteiger partial charge in [0.1, 0.15) is 12.3 Å². The topological polar surface area (TPSA) is 20.2 Å². The second kappa shape index (κ2) is 3.54. The Morgan fingerprint density at radius 1 is 1.42 bits per heavy atom. The van der Waals surface area contributed by atoms with E-state index in [1.807, 2.05) is 0 Å². The van der Waals surface area contributed by atoms with E-state index in [0.717, 1.165) is 4.47 Å². The average molecular weight is 233 g/mol. The lowest BCUT2D eigenvalue weighted by Gasteiger charge is -2.19. The van der Waals surface area contributed by atoms with E-state index in [1.54, 1.807) is 24.3 Å². The van der Waals surface area contributed by atoms with Gasteiger partial charge in [-0.2, -0.15) is 0 Å². The van der Waals surface area contributed by atoms with Crippen molar-refractivity contribution < 1.29 is 9.50 Å². The minimum Gasteiger partial charge on any atom is -0.383 e. The van der Waals surface area contributed by atoms with Gasteiger partial charge in [0, 0.05) is 4.47 Å². The summed E-state index contributed by atoms with van der Waals surface area (Å²) in [7, 11) is 0. The first-order valence-corrected chi connectivity index (χ1v) is 4.40. The van der Waals surface area contributed by atoms with Gasteiger partial charge in [0.05, 0.1) is 0 Å². The highest BCUT2D eigenvalue weighted by Crippen LogP contribution is 2.22. The summed E-state index contributed by atoms with van der Waals surface area (Å²) in [6, 6.07) is 6.95. The van der Waals surface area contributed by atoms with Gasteiger partial charge in [-0.1, -0.05) is 28.1 Å². The monoisotopic (exact) mass is 232 g/mol. The smallest absolute Gasteiger partial charge is 0.122 e. The van der Waals surface area contributed by atoms with E-state index < -0.39 is 12.3 Å². The number of hydrogen-bond acceptors (Lipinski definition) is 1. The van der Waals surface area contributed by atoms with Crippen molar-refractivity contribution in [2.45, 2.75) is 12.5 Å². The number of aliphatic hydroxyl groups is 1. The van der Waals surface area contributed by atoms with Gasteiger partial charge >= 0.3 is 0 Å². The first-order valence-electron chi connectivity index (χ1n) is 3.60. The van der Waals surface area contributed by atoms with Crippen LogP contribution in [0.25, 0.3) is 0 Å². The van der Waals surface area contributed by atoms with Gasteiger partial charge in [0.2, 0.25) is 0 Å². The van der Waals surface area contributed by atoms with E-state index in [1.165, 1.54) is 6.92 Å². The van der Waals surface area contributed by atoms with Crippen LogP contribution in [0.15, 0.2) is 28.7 Å². The van der Waals surface area contributed by atoms with Crippen molar-refractivity contribution in [3.63, 3.8) is 0 Å². The Kier molecular flexibility index (Phi) is 2.85. The van der Waals surface area contributed by atoms with E-state index in [-0.39, 0.29) is 0 Å². The number of halogens is 2. The van der Waals surface area contributed by atoms with Gasteiger partial charge in [-0.15, -0.1) is 0 Å². The molecule has 0 saturated heterocycles. The molecule has 0 aliphatic heterocycles. The number of rotatable bonds is 2. The first-order chi connectivity index (χ1) is 5.56. The normalized spacial score (nSPS) is 15.7. The Morgan fingerprint density at radius 3 is 2.33 bits per heavy atom. The summed E-state index contributed by atoms with van der Waals surface area (Å²) in [5.74, 6) is 0. The molecule has 1 rings (SSSR count). The molecule has 3 heteroatoms. The highest BCUT2D eigenvalue weighted by Gasteiger charge is 2.22. The molecule has 1 unspecified atom stereocenters. The minimum atomic E-state index is -1.36. The van der Waals surface area contributed by atoms with Crippen LogP contribution in [0, 0.1) is 0 Å². The van der Waals surface area contributed by atoms with Crippen LogP contribution in [0.4, 0.5) is 4.39 Å². The van der Waals surface area contributed by atoms with Crippen LogP contribution in [0.5, 0.6) is 0 Å².